The first kappa shape index (κ1) is 24.6. The molecule has 196 valence electrons. The monoisotopic (exact) mass is 522 g/mol. The highest BCUT2D eigenvalue weighted by molar-refractivity contribution is 6.23. The standard InChI is InChI=1S/C31H26N2O6/c1-18-14-20-16-25(18)28-27(20)29(35)33(30(28)36)22-7-5-6-19(15-22)31(37)38-17-26(34)32-21-10-12-24(13-11-21)39-23-8-3-2-4-9-23/h2-15,20,25,27-28H,16-17H2,1H3,(H,32,34)/t20-,25+,27+,28-/m0/s1. The Balaban J connectivity index is 1.05. The van der Waals surface area contributed by atoms with Crippen LogP contribution in [-0.2, 0) is 19.1 Å². The zero-order valence-corrected chi connectivity index (χ0v) is 21.2. The van der Waals surface area contributed by atoms with E-state index in [-0.39, 0.29) is 41.0 Å². The van der Waals surface area contributed by atoms with Crippen molar-refractivity contribution in [2.75, 3.05) is 16.8 Å². The number of amides is 3. The molecule has 0 aromatic heterocycles. The first-order chi connectivity index (χ1) is 18.9. The number of para-hydroxylation sites is 1. The van der Waals surface area contributed by atoms with Gasteiger partial charge in [-0.1, -0.05) is 35.9 Å². The number of imide groups is 1. The molecule has 3 aromatic carbocycles. The van der Waals surface area contributed by atoms with Gasteiger partial charge in [0, 0.05) is 5.69 Å². The van der Waals surface area contributed by atoms with Crippen LogP contribution in [0.4, 0.5) is 11.4 Å². The number of benzene rings is 3. The van der Waals surface area contributed by atoms with Gasteiger partial charge in [-0.05, 0) is 79.8 Å². The molecule has 8 heteroatoms. The molecule has 1 saturated carbocycles. The van der Waals surface area contributed by atoms with E-state index in [9.17, 15) is 19.2 Å². The first-order valence-corrected chi connectivity index (χ1v) is 12.8. The highest BCUT2D eigenvalue weighted by Gasteiger charge is 2.60. The predicted octanol–water partition coefficient (Wildman–Crippen LogP) is 4.98. The van der Waals surface area contributed by atoms with Crippen LogP contribution in [0.2, 0.25) is 0 Å². The van der Waals surface area contributed by atoms with E-state index in [1.165, 1.54) is 22.6 Å². The summed E-state index contributed by atoms with van der Waals surface area (Å²) in [6.07, 6.45) is 2.97. The molecule has 2 aliphatic carbocycles. The van der Waals surface area contributed by atoms with Gasteiger partial charge in [-0.25, -0.2) is 9.69 Å². The van der Waals surface area contributed by atoms with Crippen LogP contribution >= 0.6 is 0 Å². The number of esters is 1. The van der Waals surface area contributed by atoms with Crippen LogP contribution in [0.25, 0.3) is 0 Å². The quantitative estimate of drug-likeness (QED) is 0.267. The largest absolute Gasteiger partial charge is 0.457 e. The minimum Gasteiger partial charge on any atom is -0.457 e. The third kappa shape index (κ3) is 4.58. The molecule has 0 spiro atoms. The van der Waals surface area contributed by atoms with E-state index in [4.69, 9.17) is 9.47 Å². The van der Waals surface area contributed by atoms with Gasteiger partial charge in [-0.3, -0.25) is 14.4 Å². The molecule has 1 aliphatic heterocycles. The highest BCUT2D eigenvalue weighted by atomic mass is 16.5. The molecule has 0 radical (unpaired) electrons. The lowest BCUT2D eigenvalue weighted by molar-refractivity contribution is -0.123. The number of nitrogens with one attached hydrogen (secondary N) is 1. The molecular weight excluding hydrogens is 496 g/mol. The van der Waals surface area contributed by atoms with Crippen molar-refractivity contribution in [3.05, 3.63) is 96.1 Å². The molecular formula is C31H26N2O6. The molecule has 2 bridgehead atoms. The maximum absolute atomic E-state index is 13.2. The Kier molecular flexibility index (Phi) is 6.23. The second-order valence-corrected chi connectivity index (χ2v) is 10.1. The molecule has 1 N–H and O–H groups in total. The van der Waals surface area contributed by atoms with Gasteiger partial charge >= 0.3 is 5.97 Å². The van der Waals surface area contributed by atoms with Gasteiger partial charge in [0.05, 0.1) is 23.1 Å². The molecule has 0 unspecified atom stereocenters. The summed E-state index contributed by atoms with van der Waals surface area (Å²) in [6.45, 7) is 1.52. The lowest BCUT2D eigenvalue weighted by Gasteiger charge is -2.19. The van der Waals surface area contributed by atoms with E-state index in [1.807, 2.05) is 37.3 Å². The minimum atomic E-state index is -0.726. The zero-order chi connectivity index (χ0) is 27.1. The predicted molar refractivity (Wildman–Crippen MR) is 143 cm³/mol. The van der Waals surface area contributed by atoms with Crippen molar-refractivity contribution in [2.24, 2.45) is 23.7 Å². The van der Waals surface area contributed by atoms with Gasteiger partial charge in [0.15, 0.2) is 6.61 Å². The number of anilines is 2. The molecule has 2 fully saturated rings. The highest BCUT2D eigenvalue weighted by Crippen LogP contribution is 2.55. The van der Waals surface area contributed by atoms with E-state index >= 15 is 0 Å². The minimum absolute atomic E-state index is 0.0979. The third-order valence-corrected chi connectivity index (χ3v) is 7.67. The number of ether oxygens (including phenoxy) is 2. The summed E-state index contributed by atoms with van der Waals surface area (Å²) in [6, 6.07) is 22.4. The fourth-order valence-corrected chi connectivity index (χ4v) is 5.94. The molecule has 3 aliphatic rings. The number of hydrogen-bond donors (Lipinski definition) is 1. The lowest BCUT2D eigenvalue weighted by Crippen LogP contribution is -2.33. The summed E-state index contributed by atoms with van der Waals surface area (Å²) in [4.78, 5) is 52.7. The summed E-state index contributed by atoms with van der Waals surface area (Å²) >= 11 is 0. The molecule has 6 rings (SSSR count). The van der Waals surface area contributed by atoms with Crippen LogP contribution in [0.3, 0.4) is 0 Å². The summed E-state index contributed by atoms with van der Waals surface area (Å²) < 4.78 is 10.9. The van der Waals surface area contributed by atoms with Crippen LogP contribution in [0.15, 0.2) is 90.5 Å². The Bertz CT molecular complexity index is 1500. The SMILES string of the molecule is CC1=C[C@H]2C[C@H]1[C@@H]1C(=O)N(c3cccc(C(=O)OCC(=O)Nc4ccc(Oc5ccccc5)cc4)c3)C(=O)[C@@H]12. The number of fused-ring (bicyclic) bond motifs is 5. The van der Waals surface area contributed by atoms with Crippen molar-refractivity contribution < 1.29 is 28.7 Å². The molecule has 3 amide bonds. The topological polar surface area (TPSA) is 102 Å². The molecule has 1 saturated heterocycles. The van der Waals surface area contributed by atoms with Gasteiger partial charge in [-0.2, -0.15) is 0 Å². The van der Waals surface area contributed by atoms with Crippen LogP contribution in [0, 0.1) is 23.7 Å². The number of hydrogen-bond acceptors (Lipinski definition) is 6. The van der Waals surface area contributed by atoms with Gasteiger partial charge in [-0.15, -0.1) is 0 Å². The molecule has 1 heterocycles. The fraction of sp³-hybridized carbons (Fsp3) is 0.226. The van der Waals surface area contributed by atoms with E-state index in [1.54, 1.807) is 36.4 Å². The maximum atomic E-state index is 13.2. The Labute approximate surface area is 225 Å². The second kappa shape index (κ2) is 9.87. The van der Waals surface area contributed by atoms with Crippen molar-refractivity contribution >= 4 is 35.1 Å². The van der Waals surface area contributed by atoms with Crippen LogP contribution < -0.4 is 15.0 Å². The van der Waals surface area contributed by atoms with E-state index in [2.05, 4.69) is 11.4 Å². The average molecular weight is 523 g/mol. The second-order valence-electron chi connectivity index (χ2n) is 10.1. The summed E-state index contributed by atoms with van der Waals surface area (Å²) in [5, 5.41) is 2.67. The number of rotatable bonds is 7. The molecule has 4 atom stereocenters. The van der Waals surface area contributed by atoms with E-state index < -0.39 is 18.5 Å². The zero-order valence-electron chi connectivity index (χ0n) is 21.2. The van der Waals surface area contributed by atoms with Crippen molar-refractivity contribution in [2.45, 2.75) is 13.3 Å². The van der Waals surface area contributed by atoms with Crippen molar-refractivity contribution in [3.63, 3.8) is 0 Å². The van der Waals surface area contributed by atoms with Gasteiger partial charge in [0.2, 0.25) is 11.8 Å². The lowest BCUT2D eigenvalue weighted by atomic mass is 9.82. The van der Waals surface area contributed by atoms with Crippen molar-refractivity contribution in [1.82, 2.24) is 0 Å². The Morgan fingerprint density at radius 2 is 1.62 bits per heavy atom. The van der Waals surface area contributed by atoms with Crippen LogP contribution in [-0.4, -0.2) is 30.3 Å². The van der Waals surface area contributed by atoms with Crippen LogP contribution in [0.5, 0.6) is 11.5 Å². The normalized spacial score (nSPS) is 22.9. The summed E-state index contributed by atoms with van der Waals surface area (Å²) in [5.41, 5.74) is 2.19. The number of allylic oxidation sites excluding steroid dienone is 2. The first-order valence-electron chi connectivity index (χ1n) is 12.8. The smallest absolute Gasteiger partial charge is 0.338 e. The van der Waals surface area contributed by atoms with Crippen LogP contribution in [0.1, 0.15) is 23.7 Å². The van der Waals surface area contributed by atoms with E-state index in [0.717, 1.165) is 6.42 Å². The van der Waals surface area contributed by atoms with Crippen molar-refractivity contribution in [1.29, 1.82) is 0 Å². The van der Waals surface area contributed by atoms with E-state index in [0.29, 0.717) is 22.9 Å². The average Bonchev–Trinajstić information content (AvgIpc) is 3.59. The van der Waals surface area contributed by atoms with Gasteiger partial charge in [0.25, 0.3) is 5.91 Å². The number of carbonyl (C=O) groups is 4. The van der Waals surface area contributed by atoms with Gasteiger partial charge in [0.1, 0.15) is 11.5 Å². The molecule has 39 heavy (non-hydrogen) atoms. The number of carbonyl (C=O) groups excluding carboxylic acids is 4. The summed E-state index contributed by atoms with van der Waals surface area (Å²) in [5.74, 6) is -0.797. The Hall–Kier alpha value is -4.72. The van der Waals surface area contributed by atoms with Crippen molar-refractivity contribution in [3.8, 4) is 11.5 Å². The van der Waals surface area contributed by atoms with Gasteiger partial charge < -0.3 is 14.8 Å². The third-order valence-electron chi connectivity index (χ3n) is 7.67. The Morgan fingerprint density at radius 3 is 2.38 bits per heavy atom. The Morgan fingerprint density at radius 1 is 0.897 bits per heavy atom. The summed E-state index contributed by atoms with van der Waals surface area (Å²) in [7, 11) is 0. The number of nitrogens with zero attached hydrogens (tertiary/aromatic N) is 1. The molecule has 3 aromatic rings. The maximum Gasteiger partial charge on any atom is 0.338 e. The molecule has 8 nitrogen and oxygen atoms in total. The fourth-order valence-electron chi connectivity index (χ4n) is 5.94.